The highest BCUT2D eigenvalue weighted by Crippen LogP contribution is 1.96. The Morgan fingerprint density at radius 2 is 2.67 bits per heavy atom. The molecule has 50 valence electrons. The van der Waals surface area contributed by atoms with Crippen LogP contribution in [-0.4, -0.2) is 20.3 Å². The lowest BCUT2D eigenvalue weighted by Crippen LogP contribution is -1.85. The summed E-state index contributed by atoms with van der Waals surface area (Å²) in [5.74, 6) is 0. The molecule has 0 aromatic carbocycles. The SMILES string of the molecule is COCc1cn(I)nn1. The zero-order valence-corrected chi connectivity index (χ0v) is 7.07. The van der Waals surface area contributed by atoms with Crippen LogP contribution < -0.4 is 0 Å². The van der Waals surface area contributed by atoms with E-state index in [1.807, 2.05) is 29.1 Å². The van der Waals surface area contributed by atoms with Crippen molar-refractivity contribution in [3.63, 3.8) is 0 Å². The molecule has 0 unspecified atom stereocenters. The van der Waals surface area contributed by atoms with Crippen LogP contribution in [0.4, 0.5) is 0 Å². The Balaban J connectivity index is 2.61. The molecule has 0 radical (unpaired) electrons. The van der Waals surface area contributed by atoms with Crippen molar-refractivity contribution in [2.24, 2.45) is 0 Å². The fourth-order valence-electron chi connectivity index (χ4n) is 0.489. The van der Waals surface area contributed by atoms with Crippen molar-refractivity contribution in [3.05, 3.63) is 11.9 Å². The number of aromatic nitrogens is 3. The molecule has 1 rings (SSSR count). The molecule has 0 amide bonds. The van der Waals surface area contributed by atoms with Crippen molar-refractivity contribution in [3.8, 4) is 0 Å². The highest BCUT2D eigenvalue weighted by atomic mass is 127. The van der Waals surface area contributed by atoms with Crippen molar-refractivity contribution in [2.45, 2.75) is 6.61 Å². The maximum atomic E-state index is 4.82. The zero-order valence-electron chi connectivity index (χ0n) is 4.91. The van der Waals surface area contributed by atoms with Gasteiger partial charge in [-0.15, -0.1) is 5.10 Å². The summed E-state index contributed by atoms with van der Waals surface area (Å²) in [5, 5.41) is 7.49. The minimum absolute atomic E-state index is 0.531. The molecule has 0 aliphatic rings. The van der Waals surface area contributed by atoms with Gasteiger partial charge in [0, 0.05) is 7.11 Å². The first-order chi connectivity index (χ1) is 4.33. The molecule has 0 aliphatic carbocycles. The van der Waals surface area contributed by atoms with E-state index in [1.165, 1.54) is 0 Å². The molecular formula is C4H6IN3O. The second kappa shape index (κ2) is 3.11. The fourth-order valence-corrected chi connectivity index (χ4v) is 0.907. The Kier molecular flexibility index (Phi) is 2.40. The first-order valence-corrected chi connectivity index (χ1v) is 3.35. The molecule has 0 bridgehead atoms. The first kappa shape index (κ1) is 6.94. The molecule has 9 heavy (non-hydrogen) atoms. The molecule has 0 spiro atoms. The highest BCUT2D eigenvalue weighted by Gasteiger charge is 1.94. The second-order valence-electron chi connectivity index (χ2n) is 1.53. The van der Waals surface area contributed by atoms with Gasteiger partial charge in [0.05, 0.1) is 35.7 Å². The summed E-state index contributed by atoms with van der Waals surface area (Å²) in [6.45, 7) is 0.531. The van der Waals surface area contributed by atoms with Gasteiger partial charge < -0.3 is 4.74 Å². The van der Waals surface area contributed by atoms with E-state index in [4.69, 9.17) is 4.74 Å². The predicted octanol–water partition coefficient (Wildman–Crippen LogP) is 0.623. The van der Waals surface area contributed by atoms with E-state index in [-0.39, 0.29) is 0 Å². The lowest BCUT2D eigenvalue weighted by molar-refractivity contribution is 0.181. The van der Waals surface area contributed by atoms with Crippen LogP contribution in [0.5, 0.6) is 0 Å². The van der Waals surface area contributed by atoms with Crippen LogP contribution in [0.15, 0.2) is 6.20 Å². The van der Waals surface area contributed by atoms with E-state index in [0.717, 1.165) is 5.69 Å². The maximum absolute atomic E-state index is 4.82. The Morgan fingerprint density at radius 3 is 3.11 bits per heavy atom. The number of methoxy groups -OCH3 is 1. The van der Waals surface area contributed by atoms with E-state index in [2.05, 4.69) is 10.3 Å². The van der Waals surface area contributed by atoms with Crippen LogP contribution in [0, 0.1) is 0 Å². The standard InChI is InChI=1S/C4H6IN3O/c1-9-3-4-2-8(5)7-6-4/h2H,3H2,1H3. The fraction of sp³-hybridized carbons (Fsp3) is 0.500. The summed E-state index contributed by atoms with van der Waals surface area (Å²) in [5.41, 5.74) is 0.854. The normalized spacial score (nSPS) is 10.0. The van der Waals surface area contributed by atoms with Gasteiger partial charge in [0.15, 0.2) is 0 Å². The predicted molar refractivity (Wildman–Crippen MR) is 40.2 cm³/mol. The summed E-state index contributed by atoms with van der Waals surface area (Å²) >= 11 is 2.03. The topological polar surface area (TPSA) is 39.9 Å². The third kappa shape index (κ3) is 1.90. The summed E-state index contributed by atoms with van der Waals surface area (Å²) in [6.07, 6.45) is 1.81. The number of ether oxygens (including phenoxy) is 1. The minimum Gasteiger partial charge on any atom is -0.378 e. The molecule has 0 fully saturated rings. The van der Waals surface area contributed by atoms with Crippen LogP contribution in [0.25, 0.3) is 0 Å². The van der Waals surface area contributed by atoms with E-state index < -0.39 is 0 Å². The van der Waals surface area contributed by atoms with Crippen molar-refractivity contribution in [2.75, 3.05) is 7.11 Å². The van der Waals surface area contributed by atoms with Gasteiger partial charge in [-0.3, -0.25) is 0 Å². The van der Waals surface area contributed by atoms with Gasteiger partial charge >= 0.3 is 0 Å². The number of nitrogens with zero attached hydrogens (tertiary/aromatic N) is 3. The third-order valence-corrected chi connectivity index (χ3v) is 1.28. The van der Waals surface area contributed by atoms with Crippen molar-refractivity contribution in [1.29, 1.82) is 0 Å². The van der Waals surface area contributed by atoms with Gasteiger partial charge in [0.2, 0.25) is 0 Å². The number of hydrogen-bond donors (Lipinski definition) is 0. The van der Waals surface area contributed by atoms with Crippen LogP contribution in [0.1, 0.15) is 5.69 Å². The summed E-state index contributed by atoms with van der Waals surface area (Å²) < 4.78 is 6.44. The Morgan fingerprint density at radius 1 is 1.89 bits per heavy atom. The number of hydrogen-bond acceptors (Lipinski definition) is 3. The highest BCUT2D eigenvalue weighted by molar-refractivity contribution is 14.1. The summed E-state index contributed by atoms with van der Waals surface area (Å²) in [6, 6.07) is 0. The third-order valence-electron chi connectivity index (χ3n) is 0.806. The molecule has 0 aliphatic heterocycles. The van der Waals surface area contributed by atoms with Gasteiger partial charge in [-0.05, 0) is 0 Å². The van der Waals surface area contributed by atoms with Crippen molar-refractivity contribution < 1.29 is 4.74 Å². The molecule has 1 heterocycles. The van der Waals surface area contributed by atoms with Gasteiger partial charge in [-0.2, -0.15) is 2.90 Å². The molecule has 1 aromatic rings. The molecule has 0 saturated carbocycles. The first-order valence-electron chi connectivity index (χ1n) is 2.39. The average molecular weight is 239 g/mol. The van der Waals surface area contributed by atoms with Gasteiger partial charge in [-0.25, -0.2) is 0 Å². The van der Waals surface area contributed by atoms with E-state index in [0.29, 0.717) is 6.61 Å². The van der Waals surface area contributed by atoms with Crippen LogP contribution >= 0.6 is 22.9 Å². The summed E-state index contributed by atoms with van der Waals surface area (Å²) in [7, 11) is 1.63. The van der Waals surface area contributed by atoms with E-state index in [1.54, 1.807) is 10.0 Å². The largest absolute Gasteiger partial charge is 0.378 e. The smallest absolute Gasteiger partial charge is 0.109 e. The molecule has 0 saturated heterocycles. The molecule has 0 N–H and O–H groups in total. The maximum Gasteiger partial charge on any atom is 0.109 e. The minimum atomic E-state index is 0.531. The summed E-state index contributed by atoms with van der Waals surface area (Å²) in [4.78, 5) is 0. The zero-order chi connectivity index (χ0) is 6.69. The van der Waals surface area contributed by atoms with Crippen LogP contribution in [0.2, 0.25) is 0 Å². The molecular weight excluding hydrogens is 233 g/mol. The van der Waals surface area contributed by atoms with Gasteiger partial charge in [0.1, 0.15) is 5.69 Å². The van der Waals surface area contributed by atoms with E-state index >= 15 is 0 Å². The monoisotopic (exact) mass is 239 g/mol. The molecule has 4 nitrogen and oxygen atoms in total. The second-order valence-corrected chi connectivity index (χ2v) is 2.52. The quantitative estimate of drug-likeness (QED) is 0.710. The van der Waals surface area contributed by atoms with Crippen molar-refractivity contribution in [1.82, 2.24) is 13.2 Å². The Bertz CT molecular complexity index is 188. The Hall–Kier alpha value is -0.170. The van der Waals surface area contributed by atoms with Crippen LogP contribution in [0.3, 0.4) is 0 Å². The van der Waals surface area contributed by atoms with Crippen LogP contribution in [-0.2, 0) is 11.3 Å². The Labute approximate surface area is 66.7 Å². The molecule has 1 aromatic heterocycles. The van der Waals surface area contributed by atoms with E-state index in [9.17, 15) is 0 Å². The molecule has 0 atom stereocenters. The average Bonchev–Trinajstić information content (AvgIpc) is 2.17. The lowest BCUT2D eigenvalue weighted by atomic mass is 10.5. The number of halogens is 1. The van der Waals surface area contributed by atoms with Gasteiger partial charge in [-0.1, -0.05) is 5.21 Å². The van der Waals surface area contributed by atoms with Gasteiger partial charge in [0.25, 0.3) is 0 Å². The number of rotatable bonds is 2. The van der Waals surface area contributed by atoms with Crippen molar-refractivity contribution >= 4 is 22.9 Å². The molecule has 5 heteroatoms. The lowest BCUT2D eigenvalue weighted by Gasteiger charge is -1.86.